The van der Waals surface area contributed by atoms with E-state index in [0.29, 0.717) is 32.7 Å². The van der Waals surface area contributed by atoms with Gasteiger partial charge in [0, 0.05) is 26.1 Å². The minimum absolute atomic E-state index is 0.0189. The number of hydrogen-bond acceptors (Lipinski definition) is 5. The highest BCUT2D eigenvalue weighted by Gasteiger charge is 2.32. The lowest BCUT2D eigenvalue weighted by Gasteiger charge is -2.37. The molecule has 2 amide bonds. The number of morpholine rings is 1. The van der Waals surface area contributed by atoms with Crippen molar-refractivity contribution in [2.24, 2.45) is 11.8 Å². The third kappa shape index (κ3) is 7.70. The Morgan fingerprint density at radius 1 is 1.27 bits per heavy atom. The van der Waals surface area contributed by atoms with Gasteiger partial charge in [0.25, 0.3) is 0 Å². The maximum absolute atomic E-state index is 12.9. The molecule has 8 nitrogen and oxygen atoms in total. The zero-order chi connectivity index (χ0) is 19.9. The molecule has 1 aliphatic rings. The van der Waals surface area contributed by atoms with Gasteiger partial charge in [-0.15, -0.1) is 0 Å². The Kier molecular flexibility index (Phi) is 9.01. The molecule has 8 heteroatoms. The Hall–Kier alpha value is -1.67. The SMILES string of the molecule is CC(C)CC(=O)NC(C(=O)N1CCOC(CN(C)CC(=O)O)C1)C(C)C. The molecule has 1 heterocycles. The van der Waals surface area contributed by atoms with E-state index in [1.54, 1.807) is 16.8 Å². The molecule has 2 unspecified atom stereocenters. The minimum atomic E-state index is -0.899. The Morgan fingerprint density at radius 2 is 1.92 bits per heavy atom. The zero-order valence-corrected chi connectivity index (χ0v) is 16.5. The molecule has 26 heavy (non-hydrogen) atoms. The van der Waals surface area contributed by atoms with Gasteiger partial charge in [-0.2, -0.15) is 0 Å². The molecule has 0 saturated carbocycles. The maximum atomic E-state index is 12.9. The Labute approximate surface area is 155 Å². The van der Waals surface area contributed by atoms with Crippen molar-refractivity contribution < 1.29 is 24.2 Å². The lowest BCUT2D eigenvalue weighted by atomic mass is 10.0. The molecule has 1 rings (SSSR count). The van der Waals surface area contributed by atoms with Gasteiger partial charge in [0.15, 0.2) is 0 Å². The Morgan fingerprint density at radius 3 is 2.46 bits per heavy atom. The number of carboxylic acids is 1. The van der Waals surface area contributed by atoms with E-state index >= 15 is 0 Å². The molecule has 150 valence electrons. The van der Waals surface area contributed by atoms with Crippen molar-refractivity contribution in [1.82, 2.24) is 15.1 Å². The van der Waals surface area contributed by atoms with E-state index < -0.39 is 12.0 Å². The number of likely N-dealkylation sites (N-methyl/N-ethyl adjacent to an activating group) is 1. The largest absolute Gasteiger partial charge is 0.480 e. The molecule has 0 bridgehead atoms. The van der Waals surface area contributed by atoms with Gasteiger partial charge in [-0.25, -0.2) is 0 Å². The van der Waals surface area contributed by atoms with Crippen LogP contribution in [0.25, 0.3) is 0 Å². The monoisotopic (exact) mass is 371 g/mol. The number of nitrogens with one attached hydrogen (secondary N) is 1. The van der Waals surface area contributed by atoms with E-state index in [-0.39, 0.29) is 36.3 Å². The molecule has 1 aliphatic heterocycles. The first-order chi connectivity index (χ1) is 12.1. The van der Waals surface area contributed by atoms with Crippen molar-refractivity contribution >= 4 is 17.8 Å². The quantitative estimate of drug-likeness (QED) is 0.609. The van der Waals surface area contributed by atoms with Crippen LogP contribution in [0.5, 0.6) is 0 Å². The first-order valence-electron chi connectivity index (χ1n) is 9.20. The van der Waals surface area contributed by atoms with Crippen molar-refractivity contribution in [3.8, 4) is 0 Å². The number of rotatable bonds is 9. The summed E-state index contributed by atoms with van der Waals surface area (Å²) in [5, 5.41) is 11.7. The van der Waals surface area contributed by atoms with E-state index in [9.17, 15) is 14.4 Å². The fourth-order valence-corrected chi connectivity index (χ4v) is 2.99. The summed E-state index contributed by atoms with van der Waals surface area (Å²) in [6.07, 6.45) is 0.151. The molecule has 2 atom stereocenters. The Bertz CT molecular complexity index is 495. The van der Waals surface area contributed by atoms with Crippen LogP contribution in [0.15, 0.2) is 0 Å². The highest BCUT2D eigenvalue weighted by Crippen LogP contribution is 2.13. The van der Waals surface area contributed by atoms with E-state index in [1.807, 2.05) is 27.7 Å². The number of amides is 2. The number of carboxylic acid groups (broad SMARTS) is 1. The van der Waals surface area contributed by atoms with Crippen molar-refractivity contribution in [1.29, 1.82) is 0 Å². The topological polar surface area (TPSA) is 99.2 Å². The second-order valence-electron chi connectivity index (χ2n) is 7.75. The molecule has 0 aromatic rings. The molecule has 0 aromatic heterocycles. The number of aliphatic carboxylic acids is 1. The van der Waals surface area contributed by atoms with Gasteiger partial charge in [0.05, 0.1) is 19.3 Å². The highest BCUT2D eigenvalue weighted by molar-refractivity contribution is 5.88. The van der Waals surface area contributed by atoms with E-state index in [2.05, 4.69) is 5.32 Å². The van der Waals surface area contributed by atoms with Crippen LogP contribution >= 0.6 is 0 Å². The van der Waals surface area contributed by atoms with E-state index in [0.717, 1.165) is 0 Å². The van der Waals surface area contributed by atoms with Gasteiger partial charge >= 0.3 is 5.97 Å². The zero-order valence-electron chi connectivity index (χ0n) is 16.5. The molecule has 0 spiro atoms. The van der Waals surface area contributed by atoms with Crippen molar-refractivity contribution in [3.05, 3.63) is 0 Å². The summed E-state index contributed by atoms with van der Waals surface area (Å²) < 4.78 is 5.67. The van der Waals surface area contributed by atoms with Crippen LogP contribution in [-0.4, -0.2) is 84.7 Å². The second-order valence-corrected chi connectivity index (χ2v) is 7.75. The number of hydrogen-bond donors (Lipinski definition) is 2. The average Bonchev–Trinajstić information content (AvgIpc) is 2.50. The van der Waals surface area contributed by atoms with Crippen LogP contribution in [0.4, 0.5) is 0 Å². The van der Waals surface area contributed by atoms with Gasteiger partial charge in [-0.05, 0) is 18.9 Å². The smallest absolute Gasteiger partial charge is 0.317 e. The minimum Gasteiger partial charge on any atom is -0.480 e. The highest BCUT2D eigenvalue weighted by atomic mass is 16.5. The van der Waals surface area contributed by atoms with Gasteiger partial charge in [0.2, 0.25) is 11.8 Å². The van der Waals surface area contributed by atoms with Crippen LogP contribution in [-0.2, 0) is 19.1 Å². The lowest BCUT2D eigenvalue weighted by Crippen LogP contribution is -2.56. The first kappa shape index (κ1) is 22.4. The molecular weight excluding hydrogens is 338 g/mol. The lowest BCUT2D eigenvalue weighted by molar-refractivity contribution is -0.146. The van der Waals surface area contributed by atoms with Crippen molar-refractivity contribution in [3.63, 3.8) is 0 Å². The number of ether oxygens (including phenoxy) is 1. The molecule has 1 saturated heterocycles. The fraction of sp³-hybridized carbons (Fsp3) is 0.833. The number of carbonyl (C=O) groups excluding carboxylic acids is 2. The average molecular weight is 371 g/mol. The summed E-state index contributed by atoms with van der Waals surface area (Å²) in [7, 11) is 1.71. The predicted molar refractivity (Wildman–Crippen MR) is 97.7 cm³/mol. The van der Waals surface area contributed by atoms with Crippen molar-refractivity contribution in [2.75, 3.05) is 39.8 Å². The number of nitrogens with zero attached hydrogens (tertiary/aromatic N) is 2. The van der Waals surface area contributed by atoms with Gasteiger partial charge in [0.1, 0.15) is 6.04 Å². The molecule has 0 aromatic carbocycles. The fourth-order valence-electron chi connectivity index (χ4n) is 2.99. The third-order valence-corrected chi connectivity index (χ3v) is 4.21. The summed E-state index contributed by atoms with van der Waals surface area (Å²) in [4.78, 5) is 39.2. The first-order valence-corrected chi connectivity index (χ1v) is 9.20. The van der Waals surface area contributed by atoms with Gasteiger partial charge in [-0.3, -0.25) is 19.3 Å². The third-order valence-electron chi connectivity index (χ3n) is 4.21. The standard InChI is InChI=1S/C18H33N3O5/c1-12(2)8-15(22)19-17(13(3)4)18(25)21-6-7-26-14(10-21)9-20(5)11-16(23)24/h12-14,17H,6-11H2,1-5H3,(H,19,22)(H,23,24). The molecular formula is C18H33N3O5. The summed E-state index contributed by atoms with van der Waals surface area (Å²) in [6.45, 7) is 9.39. The molecule has 1 fully saturated rings. The van der Waals surface area contributed by atoms with E-state index in [4.69, 9.17) is 9.84 Å². The van der Waals surface area contributed by atoms with Crippen LogP contribution in [0, 0.1) is 11.8 Å². The van der Waals surface area contributed by atoms with E-state index in [1.165, 1.54) is 0 Å². The van der Waals surface area contributed by atoms with Crippen LogP contribution in [0.2, 0.25) is 0 Å². The normalized spacial score (nSPS) is 19.1. The molecule has 0 radical (unpaired) electrons. The second kappa shape index (κ2) is 10.5. The molecule has 2 N–H and O–H groups in total. The molecule has 0 aliphatic carbocycles. The van der Waals surface area contributed by atoms with Crippen LogP contribution in [0.3, 0.4) is 0 Å². The van der Waals surface area contributed by atoms with Gasteiger partial charge in [-0.1, -0.05) is 27.7 Å². The predicted octanol–water partition coefficient (Wildman–Crippen LogP) is 0.417. The maximum Gasteiger partial charge on any atom is 0.317 e. The van der Waals surface area contributed by atoms with Crippen molar-refractivity contribution in [2.45, 2.75) is 46.3 Å². The van der Waals surface area contributed by atoms with Gasteiger partial charge < -0.3 is 20.1 Å². The Balaban J connectivity index is 2.66. The summed E-state index contributed by atoms with van der Waals surface area (Å²) in [5.41, 5.74) is 0. The summed E-state index contributed by atoms with van der Waals surface area (Å²) >= 11 is 0. The summed E-state index contributed by atoms with van der Waals surface area (Å²) in [5.74, 6) is -0.904. The van der Waals surface area contributed by atoms with Crippen LogP contribution < -0.4 is 5.32 Å². The van der Waals surface area contributed by atoms with Crippen LogP contribution in [0.1, 0.15) is 34.1 Å². The summed E-state index contributed by atoms with van der Waals surface area (Å²) in [6, 6.07) is -0.559. The number of carbonyl (C=O) groups is 3.